The van der Waals surface area contributed by atoms with Gasteiger partial charge in [0.05, 0.1) is 0 Å². The van der Waals surface area contributed by atoms with E-state index in [1.165, 1.54) is 0 Å². The van der Waals surface area contributed by atoms with Crippen LogP contribution in [0.4, 0.5) is 0 Å². The van der Waals surface area contributed by atoms with Crippen molar-refractivity contribution in [1.29, 1.82) is 0 Å². The predicted molar refractivity (Wildman–Crippen MR) is 69.3 cm³/mol. The number of halogens is 1. The maximum atomic E-state index is 10.5. The fourth-order valence-electron chi connectivity index (χ4n) is 1.80. The van der Waals surface area contributed by atoms with Gasteiger partial charge >= 0.3 is 5.97 Å². The number of aromatic hydroxyl groups is 1. The molecule has 2 N–H and O–H groups in total. The molecule has 0 unspecified atom stereocenters. The van der Waals surface area contributed by atoms with Gasteiger partial charge in [-0.1, -0.05) is 40.2 Å². The molecule has 17 heavy (non-hydrogen) atoms. The van der Waals surface area contributed by atoms with E-state index >= 15 is 0 Å². The van der Waals surface area contributed by atoms with Crippen LogP contribution in [0.15, 0.2) is 34.8 Å². The molecule has 0 radical (unpaired) electrons. The first kappa shape index (κ1) is 11.9. The number of fused-ring (bicyclic) bond motifs is 1. The van der Waals surface area contributed by atoms with Crippen molar-refractivity contribution in [2.45, 2.75) is 12.8 Å². The van der Waals surface area contributed by atoms with Crippen LogP contribution in [0, 0.1) is 0 Å². The van der Waals surface area contributed by atoms with Gasteiger partial charge in [0.1, 0.15) is 5.75 Å². The molecule has 2 aromatic rings. The molecule has 0 saturated heterocycles. The molecule has 0 amide bonds. The smallest absolute Gasteiger partial charge is 0.303 e. The lowest BCUT2D eigenvalue weighted by atomic mass is 10.0. The molecular formula is C13H11BrO3. The van der Waals surface area contributed by atoms with Crippen LogP contribution in [-0.4, -0.2) is 16.2 Å². The van der Waals surface area contributed by atoms with Crippen LogP contribution in [0.25, 0.3) is 10.8 Å². The van der Waals surface area contributed by atoms with Gasteiger partial charge in [-0.05, 0) is 23.4 Å². The predicted octanol–water partition coefficient (Wildman–Crippen LogP) is 3.33. The summed E-state index contributed by atoms with van der Waals surface area (Å²) in [5, 5.41) is 20.4. The fraction of sp³-hybridized carbons (Fsp3) is 0.154. The van der Waals surface area contributed by atoms with Crippen molar-refractivity contribution in [3.63, 3.8) is 0 Å². The Hall–Kier alpha value is -1.55. The molecule has 2 aromatic carbocycles. The standard InChI is InChI=1S/C13H11BrO3/c14-11-7-8(5-6-12(15)16)13(17)10-4-2-1-3-9(10)11/h1-4,7,17H,5-6H2,(H,15,16). The molecule has 0 bridgehead atoms. The lowest BCUT2D eigenvalue weighted by molar-refractivity contribution is -0.136. The van der Waals surface area contributed by atoms with E-state index in [0.717, 1.165) is 15.2 Å². The van der Waals surface area contributed by atoms with E-state index in [4.69, 9.17) is 5.11 Å². The van der Waals surface area contributed by atoms with E-state index in [1.54, 1.807) is 6.07 Å². The van der Waals surface area contributed by atoms with Crippen LogP contribution >= 0.6 is 15.9 Å². The Kier molecular flexibility index (Phi) is 3.33. The van der Waals surface area contributed by atoms with E-state index in [2.05, 4.69) is 15.9 Å². The Morgan fingerprint density at radius 2 is 1.88 bits per heavy atom. The molecule has 2 rings (SSSR count). The topological polar surface area (TPSA) is 57.5 Å². The van der Waals surface area contributed by atoms with Gasteiger partial charge in [0.25, 0.3) is 0 Å². The number of aryl methyl sites for hydroxylation is 1. The molecular weight excluding hydrogens is 284 g/mol. The quantitative estimate of drug-likeness (QED) is 0.913. The van der Waals surface area contributed by atoms with Crippen molar-refractivity contribution in [3.8, 4) is 5.75 Å². The molecule has 0 saturated carbocycles. The average Bonchev–Trinajstić information content (AvgIpc) is 2.32. The van der Waals surface area contributed by atoms with Crippen LogP contribution in [0.5, 0.6) is 5.75 Å². The lowest BCUT2D eigenvalue weighted by Gasteiger charge is -2.09. The minimum Gasteiger partial charge on any atom is -0.507 e. The molecule has 0 atom stereocenters. The second-order valence-corrected chi connectivity index (χ2v) is 4.66. The number of carbonyl (C=O) groups is 1. The molecule has 0 aliphatic heterocycles. The highest BCUT2D eigenvalue weighted by Gasteiger charge is 2.10. The highest BCUT2D eigenvalue weighted by molar-refractivity contribution is 9.10. The summed E-state index contributed by atoms with van der Waals surface area (Å²) in [5.74, 6) is -0.696. The Morgan fingerprint density at radius 1 is 1.24 bits per heavy atom. The number of rotatable bonds is 3. The normalized spacial score (nSPS) is 10.6. The first-order valence-electron chi connectivity index (χ1n) is 5.20. The molecule has 4 heteroatoms. The minimum atomic E-state index is -0.867. The van der Waals surface area contributed by atoms with Crippen molar-refractivity contribution in [1.82, 2.24) is 0 Å². The maximum absolute atomic E-state index is 10.5. The van der Waals surface area contributed by atoms with Gasteiger partial charge in [-0.3, -0.25) is 4.79 Å². The zero-order valence-electron chi connectivity index (χ0n) is 8.98. The number of carboxylic acids is 1. The number of phenolic OH excluding ortho intramolecular Hbond substituents is 1. The number of carboxylic acid groups (broad SMARTS) is 1. The highest BCUT2D eigenvalue weighted by atomic mass is 79.9. The molecule has 0 heterocycles. The largest absolute Gasteiger partial charge is 0.507 e. The van der Waals surface area contributed by atoms with Crippen LogP contribution < -0.4 is 0 Å². The number of benzene rings is 2. The summed E-state index contributed by atoms with van der Waals surface area (Å²) in [4.78, 5) is 10.5. The van der Waals surface area contributed by atoms with E-state index in [1.807, 2.05) is 24.3 Å². The van der Waals surface area contributed by atoms with Gasteiger partial charge in [-0.2, -0.15) is 0 Å². The van der Waals surface area contributed by atoms with Crippen molar-refractivity contribution in [2.24, 2.45) is 0 Å². The van der Waals surface area contributed by atoms with Gasteiger partial charge < -0.3 is 10.2 Å². The molecule has 88 valence electrons. The number of phenols is 1. The Morgan fingerprint density at radius 3 is 2.53 bits per heavy atom. The maximum Gasteiger partial charge on any atom is 0.303 e. The van der Waals surface area contributed by atoms with Gasteiger partial charge in [0.15, 0.2) is 0 Å². The Labute approximate surface area is 107 Å². The summed E-state index contributed by atoms with van der Waals surface area (Å²) < 4.78 is 0.867. The van der Waals surface area contributed by atoms with Crippen molar-refractivity contribution >= 4 is 32.7 Å². The summed E-state index contributed by atoms with van der Waals surface area (Å²) in [6.07, 6.45) is 0.336. The van der Waals surface area contributed by atoms with Crippen LogP contribution in [-0.2, 0) is 11.2 Å². The second-order valence-electron chi connectivity index (χ2n) is 3.81. The van der Waals surface area contributed by atoms with Gasteiger partial charge in [0.2, 0.25) is 0 Å². The summed E-state index contributed by atoms with van der Waals surface area (Å²) in [5.41, 5.74) is 0.651. The summed E-state index contributed by atoms with van der Waals surface area (Å²) in [7, 11) is 0. The number of aliphatic carboxylic acids is 1. The van der Waals surface area contributed by atoms with Crippen molar-refractivity contribution in [3.05, 3.63) is 40.4 Å². The van der Waals surface area contributed by atoms with E-state index < -0.39 is 5.97 Å². The zero-order valence-corrected chi connectivity index (χ0v) is 10.6. The van der Waals surface area contributed by atoms with Crippen molar-refractivity contribution < 1.29 is 15.0 Å². The van der Waals surface area contributed by atoms with E-state index in [-0.39, 0.29) is 12.2 Å². The first-order valence-corrected chi connectivity index (χ1v) is 6.00. The van der Waals surface area contributed by atoms with Gasteiger partial charge in [0, 0.05) is 16.3 Å². The highest BCUT2D eigenvalue weighted by Crippen LogP contribution is 2.34. The SMILES string of the molecule is O=C(O)CCc1cc(Br)c2ccccc2c1O. The average molecular weight is 295 g/mol. The molecule has 0 aliphatic carbocycles. The van der Waals surface area contributed by atoms with Gasteiger partial charge in [-0.15, -0.1) is 0 Å². The second kappa shape index (κ2) is 4.75. The van der Waals surface area contributed by atoms with Crippen LogP contribution in [0.2, 0.25) is 0 Å². The minimum absolute atomic E-state index is 0.0122. The fourth-order valence-corrected chi connectivity index (χ4v) is 2.42. The number of hydrogen-bond acceptors (Lipinski definition) is 2. The molecule has 0 spiro atoms. The Balaban J connectivity index is 2.51. The summed E-state index contributed by atoms with van der Waals surface area (Å²) in [6, 6.07) is 9.24. The Bertz CT molecular complexity index is 578. The molecule has 3 nitrogen and oxygen atoms in total. The third-order valence-corrected chi connectivity index (χ3v) is 3.31. The number of hydrogen-bond donors (Lipinski definition) is 2. The van der Waals surface area contributed by atoms with E-state index in [9.17, 15) is 9.90 Å². The summed E-state index contributed by atoms with van der Waals surface area (Å²) >= 11 is 3.43. The lowest BCUT2D eigenvalue weighted by Crippen LogP contribution is -1.98. The first-order chi connectivity index (χ1) is 8.09. The monoisotopic (exact) mass is 294 g/mol. The molecule has 0 aromatic heterocycles. The van der Waals surface area contributed by atoms with Crippen LogP contribution in [0.3, 0.4) is 0 Å². The van der Waals surface area contributed by atoms with Gasteiger partial charge in [-0.25, -0.2) is 0 Å². The molecule has 0 fully saturated rings. The third kappa shape index (κ3) is 2.42. The van der Waals surface area contributed by atoms with E-state index in [0.29, 0.717) is 12.0 Å². The summed E-state index contributed by atoms with van der Waals surface area (Å²) in [6.45, 7) is 0. The third-order valence-electron chi connectivity index (χ3n) is 2.65. The van der Waals surface area contributed by atoms with Crippen molar-refractivity contribution in [2.75, 3.05) is 0 Å². The van der Waals surface area contributed by atoms with Crippen LogP contribution in [0.1, 0.15) is 12.0 Å². The zero-order chi connectivity index (χ0) is 12.4. The molecule has 0 aliphatic rings.